The molecule has 1 rings (SSSR count). The van der Waals surface area contributed by atoms with E-state index in [0.717, 1.165) is 6.42 Å². The predicted molar refractivity (Wildman–Crippen MR) is 85.7 cm³/mol. The molecule has 0 fully saturated rings. The predicted octanol–water partition coefficient (Wildman–Crippen LogP) is 1.67. The second-order valence-corrected chi connectivity index (χ2v) is 7.86. The summed E-state index contributed by atoms with van der Waals surface area (Å²) in [6.07, 6.45) is 0.909. The lowest BCUT2D eigenvalue weighted by atomic mass is 10.1. The maximum Gasteiger partial charge on any atom is 0.264 e. The van der Waals surface area contributed by atoms with Crippen LogP contribution in [0.15, 0.2) is 29.2 Å². The van der Waals surface area contributed by atoms with Crippen LogP contribution in [0, 0.1) is 5.92 Å². The second kappa shape index (κ2) is 7.76. The van der Waals surface area contributed by atoms with Crippen LogP contribution >= 0.6 is 0 Å². The van der Waals surface area contributed by atoms with Gasteiger partial charge in [0, 0.05) is 0 Å². The van der Waals surface area contributed by atoms with Crippen molar-refractivity contribution in [2.75, 3.05) is 6.61 Å². The Morgan fingerprint density at radius 3 is 2.30 bits per heavy atom. The topological polar surface area (TPSA) is 105 Å². The van der Waals surface area contributed by atoms with Gasteiger partial charge in [0.1, 0.15) is 11.3 Å². The highest BCUT2D eigenvalue weighted by atomic mass is 32.2. The van der Waals surface area contributed by atoms with Crippen LogP contribution in [0.25, 0.3) is 0 Å². The number of rotatable bonds is 8. The Kier molecular flexibility index (Phi) is 6.55. The van der Waals surface area contributed by atoms with E-state index in [-0.39, 0.29) is 4.90 Å². The van der Waals surface area contributed by atoms with Gasteiger partial charge in [-0.15, -0.1) is 0 Å². The second-order valence-electron chi connectivity index (χ2n) is 6.17. The van der Waals surface area contributed by atoms with Crippen LogP contribution < -0.4 is 14.9 Å². The molecule has 1 aromatic rings. The van der Waals surface area contributed by atoms with Crippen molar-refractivity contribution < 1.29 is 23.2 Å². The molecule has 0 radical (unpaired) electrons. The molecular weight excluding hydrogens is 320 g/mol. The fourth-order valence-electron chi connectivity index (χ4n) is 1.71. The Balaban J connectivity index is 2.80. The number of amides is 1. The van der Waals surface area contributed by atoms with Gasteiger partial charge in [0.25, 0.3) is 5.91 Å². The van der Waals surface area contributed by atoms with E-state index in [1.54, 1.807) is 12.1 Å². The zero-order valence-electron chi connectivity index (χ0n) is 13.8. The lowest BCUT2D eigenvalue weighted by Crippen LogP contribution is -2.53. The molecule has 0 spiro atoms. The zero-order valence-corrected chi connectivity index (χ0v) is 14.6. The van der Waals surface area contributed by atoms with Crippen molar-refractivity contribution in [2.24, 2.45) is 5.92 Å². The Bertz CT molecular complexity index is 624. The lowest BCUT2D eigenvalue weighted by Gasteiger charge is -2.23. The van der Waals surface area contributed by atoms with Crippen LogP contribution in [0.5, 0.6) is 5.75 Å². The molecular formula is C15H24N2O5S. The van der Waals surface area contributed by atoms with Gasteiger partial charge in [-0.05, 0) is 50.5 Å². The number of sulfonamides is 1. The first-order valence-corrected chi connectivity index (χ1v) is 8.78. The fraction of sp³-hybridized carbons (Fsp3) is 0.533. The number of carbonyl (C=O) groups excluding carboxylic acids is 1. The van der Waals surface area contributed by atoms with Gasteiger partial charge in [0.2, 0.25) is 10.0 Å². The van der Waals surface area contributed by atoms with Crippen molar-refractivity contribution in [3.8, 4) is 5.75 Å². The highest BCUT2D eigenvalue weighted by Crippen LogP contribution is 2.18. The third kappa shape index (κ3) is 5.81. The van der Waals surface area contributed by atoms with E-state index in [9.17, 15) is 13.2 Å². The maximum atomic E-state index is 12.3. The molecule has 0 heterocycles. The number of hydrogen-bond donors (Lipinski definition) is 3. The first kappa shape index (κ1) is 19.4. The monoisotopic (exact) mass is 344 g/mol. The van der Waals surface area contributed by atoms with E-state index >= 15 is 0 Å². The van der Waals surface area contributed by atoms with Crippen LogP contribution in [-0.4, -0.2) is 31.7 Å². The van der Waals surface area contributed by atoms with Crippen LogP contribution in [0.4, 0.5) is 0 Å². The molecule has 0 atom stereocenters. The molecule has 7 nitrogen and oxygen atoms in total. The van der Waals surface area contributed by atoms with Crippen molar-refractivity contribution >= 4 is 15.9 Å². The molecule has 0 unspecified atom stereocenters. The molecule has 0 aromatic heterocycles. The minimum absolute atomic E-state index is 0.00697. The van der Waals surface area contributed by atoms with Gasteiger partial charge in [0.15, 0.2) is 0 Å². The van der Waals surface area contributed by atoms with E-state index in [1.165, 1.54) is 31.5 Å². The number of hydroxylamine groups is 1. The minimum Gasteiger partial charge on any atom is -0.494 e. The van der Waals surface area contributed by atoms with Crippen molar-refractivity contribution in [3.05, 3.63) is 24.3 Å². The highest BCUT2D eigenvalue weighted by molar-refractivity contribution is 7.89. The van der Waals surface area contributed by atoms with Gasteiger partial charge < -0.3 is 4.74 Å². The summed E-state index contributed by atoms with van der Waals surface area (Å²) < 4.78 is 32.3. The molecule has 0 saturated carbocycles. The third-order valence-electron chi connectivity index (χ3n) is 3.16. The van der Waals surface area contributed by atoms with E-state index in [0.29, 0.717) is 18.3 Å². The third-order valence-corrected chi connectivity index (χ3v) is 4.83. The van der Waals surface area contributed by atoms with Gasteiger partial charge in [-0.3, -0.25) is 10.0 Å². The molecule has 1 amide bonds. The number of carbonyl (C=O) groups is 1. The lowest BCUT2D eigenvalue weighted by molar-refractivity contribution is -0.134. The average Bonchev–Trinajstić information content (AvgIpc) is 2.45. The summed E-state index contributed by atoms with van der Waals surface area (Å²) in [4.78, 5) is 11.5. The summed E-state index contributed by atoms with van der Waals surface area (Å²) in [6.45, 7) is 7.44. The van der Waals surface area contributed by atoms with Crippen molar-refractivity contribution in [3.63, 3.8) is 0 Å². The Labute approximate surface area is 137 Å². The van der Waals surface area contributed by atoms with Gasteiger partial charge in [-0.1, -0.05) is 13.8 Å². The molecule has 0 aliphatic rings. The van der Waals surface area contributed by atoms with Crippen LogP contribution in [0.3, 0.4) is 0 Å². The molecule has 0 aliphatic carbocycles. The van der Waals surface area contributed by atoms with E-state index in [1.807, 2.05) is 0 Å². The molecule has 0 aliphatic heterocycles. The quantitative estimate of drug-likeness (QED) is 0.491. The van der Waals surface area contributed by atoms with Crippen LogP contribution in [-0.2, 0) is 14.8 Å². The standard InChI is InChI=1S/C15H24N2O5S/c1-11(2)9-10-22-12-5-7-13(8-6-12)23(20,21)17-15(3,4)14(18)16-19/h5-8,11,17,19H,9-10H2,1-4H3,(H,16,18). The first-order valence-electron chi connectivity index (χ1n) is 7.30. The van der Waals surface area contributed by atoms with Gasteiger partial charge in [-0.2, -0.15) is 4.72 Å². The molecule has 8 heteroatoms. The van der Waals surface area contributed by atoms with Crippen LogP contribution in [0.2, 0.25) is 0 Å². The van der Waals surface area contributed by atoms with Gasteiger partial charge in [0.05, 0.1) is 11.5 Å². The molecule has 3 N–H and O–H groups in total. The SMILES string of the molecule is CC(C)CCOc1ccc(S(=O)(=O)NC(C)(C)C(=O)NO)cc1. The summed E-state index contributed by atoms with van der Waals surface area (Å²) in [5, 5.41) is 8.64. The summed E-state index contributed by atoms with van der Waals surface area (Å²) >= 11 is 0. The van der Waals surface area contributed by atoms with E-state index < -0.39 is 21.5 Å². The number of benzene rings is 1. The van der Waals surface area contributed by atoms with E-state index in [2.05, 4.69) is 18.6 Å². The first-order chi connectivity index (χ1) is 10.6. The number of hydrogen-bond acceptors (Lipinski definition) is 5. The maximum absolute atomic E-state index is 12.3. The zero-order chi connectivity index (χ0) is 17.7. The summed E-state index contributed by atoms with van der Waals surface area (Å²) in [7, 11) is -3.90. The summed E-state index contributed by atoms with van der Waals surface area (Å²) in [6, 6.07) is 5.93. The minimum atomic E-state index is -3.90. The molecule has 23 heavy (non-hydrogen) atoms. The van der Waals surface area contributed by atoms with E-state index in [4.69, 9.17) is 9.94 Å². The summed E-state index contributed by atoms with van der Waals surface area (Å²) in [5.41, 5.74) is -0.0514. The Morgan fingerprint density at radius 2 is 1.83 bits per heavy atom. The Hall–Kier alpha value is -1.64. The van der Waals surface area contributed by atoms with Crippen molar-refractivity contribution in [2.45, 2.75) is 44.6 Å². The largest absolute Gasteiger partial charge is 0.494 e. The van der Waals surface area contributed by atoms with Gasteiger partial charge >= 0.3 is 0 Å². The molecule has 130 valence electrons. The number of ether oxygens (including phenoxy) is 1. The smallest absolute Gasteiger partial charge is 0.264 e. The van der Waals surface area contributed by atoms with Gasteiger partial charge in [-0.25, -0.2) is 13.9 Å². The molecule has 0 bridgehead atoms. The van der Waals surface area contributed by atoms with Crippen LogP contribution in [0.1, 0.15) is 34.1 Å². The summed E-state index contributed by atoms with van der Waals surface area (Å²) in [5.74, 6) is 0.255. The number of nitrogens with one attached hydrogen (secondary N) is 2. The molecule has 0 saturated heterocycles. The van der Waals surface area contributed by atoms with Crippen molar-refractivity contribution in [1.82, 2.24) is 10.2 Å². The average molecular weight is 344 g/mol. The molecule has 1 aromatic carbocycles. The normalized spacial score (nSPS) is 12.3. The highest BCUT2D eigenvalue weighted by Gasteiger charge is 2.33. The Morgan fingerprint density at radius 1 is 1.26 bits per heavy atom. The van der Waals surface area contributed by atoms with Crippen molar-refractivity contribution in [1.29, 1.82) is 0 Å². The fourth-order valence-corrected chi connectivity index (χ4v) is 3.09.